The van der Waals surface area contributed by atoms with E-state index in [0.717, 1.165) is 6.42 Å². The highest BCUT2D eigenvalue weighted by Gasteiger charge is 2.22. The molecule has 6 heteroatoms. The predicted octanol–water partition coefficient (Wildman–Crippen LogP) is 1.27. The largest absolute Gasteiger partial charge is 0.352 e. The summed E-state index contributed by atoms with van der Waals surface area (Å²) in [5, 5.41) is 2.74. The molecule has 0 aliphatic carbocycles. The molecule has 0 heterocycles. The molecule has 0 fully saturated rings. The van der Waals surface area contributed by atoms with Crippen molar-refractivity contribution in [3.05, 3.63) is 30.3 Å². The predicted molar refractivity (Wildman–Crippen MR) is 74.1 cm³/mol. The third kappa shape index (κ3) is 4.65. The SMILES string of the molecule is CC[C@@H](C)NC(=O)[C@H](C)NS(=O)(=O)c1ccccc1. The van der Waals surface area contributed by atoms with Crippen LogP contribution in [0.3, 0.4) is 0 Å². The molecule has 0 aliphatic heterocycles. The van der Waals surface area contributed by atoms with E-state index in [1.54, 1.807) is 18.2 Å². The summed E-state index contributed by atoms with van der Waals surface area (Å²) in [7, 11) is -3.66. The lowest BCUT2D eigenvalue weighted by Gasteiger charge is -2.17. The lowest BCUT2D eigenvalue weighted by atomic mass is 10.2. The monoisotopic (exact) mass is 284 g/mol. The van der Waals surface area contributed by atoms with E-state index in [2.05, 4.69) is 10.0 Å². The van der Waals surface area contributed by atoms with E-state index < -0.39 is 16.1 Å². The molecule has 0 aliphatic rings. The summed E-state index contributed by atoms with van der Waals surface area (Å²) >= 11 is 0. The van der Waals surface area contributed by atoms with Gasteiger partial charge in [0.05, 0.1) is 10.9 Å². The Morgan fingerprint density at radius 2 is 1.79 bits per heavy atom. The first-order valence-electron chi connectivity index (χ1n) is 6.24. The van der Waals surface area contributed by atoms with E-state index in [1.807, 2.05) is 13.8 Å². The Hall–Kier alpha value is -1.40. The van der Waals surface area contributed by atoms with Crippen LogP contribution in [0.1, 0.15) is 27.2 Å². The summed E-state index contributed by atoms with van der Waals surface area (Å²) in [5.41, 5.74) is 0. The highest BCUT2D eigenvalue weighted by molar-refractivity contribution is 7.89. The number of amides is 1. The molecule has 1 aromatic carbocycles. The van der Waals surface area contributed by atoms with Gasteiger partial charge in [-0.05, 0) is 32.4 Å². The lowest BCUT2D eigenvalue weighted by molar-refractivity contribution is -0.122. The van der Waals surface area contributed by atoms with Gasteiger partial charge in [0.25, 0.3) is 0 Å². The van der Waals surface area contributed by atoms with Gasteiger partial charge in [0, 0.05) is 6.04 Å². The molecule has 1 aromatic rings. The summed E-state index contributed by atoms with van der Waals surface area (Å²) in [6.45, 7) is 5.35. The lowest BCUT2D eigenvalue weighted by Crippen LogP contribution is -2.47. The number of carbonyl (C=O) groups excluding carboxylic acids is 1. The minimum atomic E-state index is -3.66. The van der Waals surface area contributed by atoms with Crippen LogP contribution < -0.4 is 10.0 Å². The molecule has 0 spiro atoms. The summed E-state index contributed by atoms with van der Waals surface area (Å²) in [6, 6.07) is 7.20. The Labute approximate surface area is 114 Å². The maximum Gasteiger partial charge on any atom is 0.241 e. The van der Waals surface area contributed by atoms with Crippen molar-refractivity contribution in [2.75, 3.05) is 0 Å². The first-order valence-corrected chi connectivity index (χ1v) is 7.73. The van der Waals surface area contributed by atoms with Gasteiger partial charge in [0.15, 0.2) is 0 Å². The van der Waals surface area contributed by atoms with E-state index in [-0.39, 0.29) is 16.8 Å². The van der Waals surface area contributed by atoms with Crippen LogP contribution in [0.2, 0.25) is 0 Å². The van der Waals surface area contributed by atoms with Gasteiger partial charge in [0.1, 0.15) is 0 Å². The Bertz CT molecular complexity index is 514. The third-order valence-corrected chi connectivity index (χ3v) is 4.34. The van der Waals surface area contributed by atoms with Crippen LogP contribution in [0.15, 0.2) is 35.2 Å². The number of rotatable bonds is 6. The third-order valence-electron chi connectivity index (χ3n) is 2.78. The second-order valence-electron chi connectivity index (χ2n) is 4.47. The maximum atomic E-state index is 12.0. The fourth-order valence-corrected chi connectivity index (χ4v) is 2.65. The molecule has 0 saturated carbocycles. The molecule has 5 nitrogen and oxygen atoms in total. The molecule has 106 valence electrons. The number of hydrogen-bond acceptors (Lipinski definition) is 3. The summed E-state index contributed by atoms with van der Waals surface area (Å²) in [5.74, 6) is -0.325. The van der Waals surface area contributed by atoms with Crippen LogP contribution >= 0.6 is 0 Å². The Balaban J connectivity index is 2.71. The van der Waals surface area contributed by atoms with Crippen LogP contribution in [0.5, 0.6) is 0 Å². The van der Waals surface area contributed by atoms with E-state index in [4.69, 9.17) is 0 Å². The smallest absolute Gasteiger partial charge is 0.241 e. The van der Waals surface area contributed by atoms with E-state index >= 15 is 0 Å². The topological polar surface area (TPSA) is 75.3 Å². The molecule has 1 amide bonds. The first-order chi connectivity index (χ1) is 8.86. The molecular formula is C13H20N2O3S. The van der Waals surface area contributed by atoms with Crippen molar-refractivity contribution in [1.82, 2.24) is 10.0 Å². The van der Waals surface area contributed by atoms with E-state index in [9.17, 15) is 13.2 Å². The first kappa shape index (κ1) is 15.7. The van der Waals surface area contributed by atoms with E-state index in [0.29, 0.717) is 0 Å². The Morgan fingerprint density at radius 3 is 2.32 bits per heavy atom. The van der Waals surface area contributed by atoms with Crippen LogP contribution in [-0.2, 0) is 14.8 Å². The standard InChI is InChI=1S/C13H20N2O3S/c1-4-10(2)14-13(16)11(3)15-19(17,18)12-8-6-5-7-9-12/h5-11,15H,4H2,1-3H3,(H,14,16)/t10-,11+/m1/s1. The van der Waals surface area contributed by atoms with Crippen molar-refractivity contribution in [3.8, 4) is 0 Å². The Kier molecular flexibility index (Phi) is 5.50. The quantitative estimate of drug-likeness (QED) is 0.826. The molecule has 0 unspecified atom stereocenters. The summed E-state index contributed by atoms with van der Waals surface area (Å²) in [6.07, 6.45) is 0.796. The van der Waals surface area contributed by atoms with Crippen LogP contribution in [-0.4, -0.2) is 26.4 Å². The molecular weight excluding hydrogens is 264 g/mol. The fourth-order valence-electron chi connectivity index (χ4n) is 1.42. The van der Waals surface area contributed by atoms with Crippen molar-refractivity contribution in [1.29, 1.82) is 0 Å². The maximum absolute atomic E-state index is 12.0. The van der Waals surface area contributed by atoms with Crippen molar-refractivity contribution in [2.24, 2.45) is 0 Å². The van der Waals surface area contributed by atoms with Crippen molar-refractivity contribution in [3.63, 3.8) is 0 Å². The molecule has 2 N–H and O–H groups in total. The number of carbonyl (C=O) groups is 1. The number of hydrogen-bond donors (Lipinski definition) is 2. The van der Waals surface area contributed by atoms with Gasteiger partial charge in [-0.15, -0.1) is 0 Å². The van der Waals surface area contributed by atoms with E-state index in [1.165, 1.54) is 19.1 Å². The highest BCUT2D eigenvalue weighted by Crippen LogP contribution is 2.08. The molecule has 0 radical (unpaired) electrons. The van der Waals surface area contributed by atoms with Crippen molar-refractivity contribution >= 4 is 15.9 Å². The summed E-state index contributed by atoms with van der Waals surface area (Å²) < 4.78 is 26.4. The van der Waals surface area contributed by atoms with Gasteiger partial charge in [-0.2, -0.15) is 4.72 Å². The zero-order chi connectivity index (χ0) is 14.5. The Morgan fingerprint density at radius 1 is 1.21 bits per heavy atom. The van der Waals surface area contributed by atoms with Gasteiger partial charge < -0.3 is 5.32 Å². The minimum absolute atomic E-state index is 0.0242. The zero-order valence-electron chi connectivity index (χ0n) is 11.4. The average Bonchev–Trinajstić information content (AvgIpc) is 2.39. The normalized spacial score (nSPS) is 14.7. The fraction of sp³-hybridized carbons (Fsp3) is 0.462. The molecule has 0 saturated heterocycles. The second-order valence-corrected chi connectivity index (χ2v) is 6.19. The molecule has 2 atom stereocenters. The van der Waals surface area contributed by atoms with Gasteiger partial charge in [-0.25, -0.2) is 8.42 Å². The van der Waals surface area contributed by atoms with Crippen LogP contribution in [0.25, 0.3) is 0 Å². The van der Waals surface area contributed by atoms with Crippen molar-refractivity contribution < 1.29 is 13.2 Å². The van der Waals surface area contributed by atoms with Crippen molar-refractivity contribution in [2.45, 2.75) is 44.2 Å². The molecule has 19 heavy (non-hydrogen) atoms. The number of sulfonamides is 1. The number of benzene rings is 1. The highest BCUT2D eigenvalue weighted by atomic mass is 32.2. The average molecular weight is 284 g/mol. The molecule has 0 bridgehead atoms. The van der Waals surface area contributed by atoms with Gasteiger partial charge in [0.2, 0.25) is 15.9 Å². The van der Waals surface area contributed by atoms with Gasteiger partial charge in [-0.1, -0.05) is 25.1 Å². The molecule has 1 rings (SSSR count). The number of nitrogens with one attached hydrogen (secondary N) is 2. The summed E-state index contributed by atoms with van der Waals surface area (Å²) in [4.78, 5) is 11.9. The minimum Gasteiger partial charge on any atom is -0.352 e. The van der Waals surface area contributed by atoms with Gasteiger partial charge >= 0.3 is 0 Å². The zero-order valence-corrected chi connectivity index (χ0v) is 12.2. The van der Waals surface area contributed by atoms with Gasteiger partial charge in [-0.3, -0.25) is 4.79 Å². The van der Waals surface area contributed by atoms with Crippen LogP contribution in [0.4, 0.5) is 0 Å². The molecule has 0 aromatic heterocycles. The van der Waals surface area contributed by atoms with Crippen LogP contribution in [0, 0.1) is 0 Å². The second kappa shape index (κ2) is 6.68.